The van der Waals surface area contributed by atoms with Gasteiger partial charge in [-0.2, -0.15) is 5.10 Å². The average molecular weight is 448 g/mol. The number of pyridine rings is 1. The second-order valence-electron chi connectivity index (χ2n) is 9.43. The van der Waals surface area contributed by atoms with Crippen LogP contribution in [0.5, 0.6) is 0 Å². The van der Waals surface area contributed by atoms with Crippen molar-refractivity contribution in [3.05, 3.63) is 53.3 Å². The monoisotopic (exact) mass is 447 g/mol. The van der Waals surface area contributed by atoms with Crippen LogP contribution in [0.3, 0.4) is 0 Å². The molecule has 3 fully saturated rings. The molecule has 0 unspecified atom stereocenters. The van der Waals surface area contributed by atoms with Crippen molar-refractivity contribution in [2.24, 2.45) is 0 Å². The predicted molar refractivity (Wildman–Crippen MR) is 123 cm³/mol. The Hall–Kier alpha value is -2.77. The molecule has 2 saturated carbocycles. The molecule has 3 heterocycles. The molecule has 1 saturated heterocycles. The molecule has 6 rings (SSSR count). The fraction of sp³-hybridized carbons (Fsp3) is 0.500. The van der Waals surface area contributed by atoms with Crippen LogP contribution in [0.4, 0.5) is 0 Å². The Kier molecular flexibility index (Phi) is 5.18. The standard InChI is InChI=1S/C26H29N3O4/c1-31-25(30)21-16-20(17-10-12-26(13-11-17)32-14-15-33-26)22-23(18-6-5-7-18)28-29(24(22)27-21)19-8-3-2-4-9-19/h2-4,8-9,16-18H,5-7,10-15H2,1H3. The van der Waals surface area contributed by atoms with Crippen molar-refractivity contribution in [2.45, 2.75) is 62.6 Å². The zero-order chi connectivity index (χ0) is 22.4. The molecule has 2 aliphatic carbocycles. The minimum Gasteiger partial charge on any atom is -0.464 e. The van der Waals surface area contributed by atoms with Gasteiger partial charge in [0.25, 0.3) is 0 Å². The Morgan fingerprint density at radius 1 is 1.06 bits per heavy atom. The lowest BCUT2D eigenvalue weighted by molar-refractivity contribution is -0.178. The highest BCUT2D eigenvalue weighted by molar-refractivity contribution is 5.93. The van der Waals surface area contributed by atoms with Crippen LogP contribution >= 0.6 is 0 Å². The summed E-state index contributed by atoms with van der Waals surface area (Å²) in [4.78, 5) is 17.4. The van der Waals surface area contributed by atoms with Gasteiger partial charge in [-0.25, -0.2) is 14.5 Å². The van der Waals surface area contributed by atoms with Crippen molar-refractivity contribution in [2.75, 3.05) is 20.3 Å². The molecule has 0 bridgehead atoms. The second-order valence-corrected chi connectivity index (χ2v) is 9.43. The molecule has 1 aliphatic heterocycles. The topological polar surface area (TPSA) is 75.5 Å². The van der Waals surface area contributed by atoms with E-state index in [1.165, 1.54) is 13.5 Å². The number of hydrogen-bond donors (Lipinski definition) is 0. The van der Waals surface area contributed by atoms with Crippen LogP contribution < -0.4 is 0 Å². The van der Waals surface area contributed by atoms with E-state index in [0.717, 1.165) is 66.5 Å². The number of nitrogens with zero attached hydrogens (tertiary/aromatic N) is 3. The molecule has 7 heteroatoms. The Morgan fingerprint density at radius 3 is 2.42 bits per heavy atom. The lowest BCUT2D eigenvalue weighted by atomic mass is 9.77. The van der Waals surface area contributed by atoms with E-state index in [0.29, 0.717) is 30.7 Å². The first kappa shape index (κ1) is 20.8. The second kappa shape index (κ2) is 8.22. The Bertz CT molecular complexity index is 1170. The van der Waals surface area contributed by atoms with Crippen molar-refractivity contribution in [3.63, 3.8) is 0 Å². The molecular weight excluding hydrogens is 418 g/mol. The van der Waals surface area contributed by atoms with E-state index in [1.807, 2.05) is 41.1 Å². The van der Waals surface area contributed by atoms with Crippen LogP contribution in [0.25, 0.3) is 16.7 Å². The van der Waals surface area contributed by atoms with Crippen LogP contribution in [0.2, 0.25) is 0 Å². The number of benzene rings is 1. The van der Waals surface area contributed by atoms with Gasteiger partial charge in [-0.3, -0.25) is 0 Å². The van der Waals surface area contributed by atoms with E-state index in [9.17, 15) is 4.79 Å². The highest BCUT2D eigenvalue weighted by atomic mass is 16.7. The number of para-hydroxylation sites is 1. The van der Waals surface area contributed by atoms with E-state index < -0.39 is 11.8 Å². The van der Waals surface area contributed by atoms with Gasteiger partial charge >= 0.3 is 5.97 Å². The highest BCUT2D eigenvalue weighted by Gasteiger charge is 2.41. The number of rotatable bonds is 4. The van der Waals surface area contributed by atoms with Crippen LogP contribution in [0.1, 0.15) is 78.5 Å². The summed E-state index contributed by atoms with van der Waals surface area (Å²) >= 11 is 0. The van der Waals surface area contributed by atoms with Crippen molar-refractivity contribution < 1.29 is 19.0 Å². The number of fused-ring (bicyclic) bond motifs is 1. The lowest BCUT2D eigenvalue weighted by Gasteiger charge is -2.36. The number of ether oxygens (including phenoxy) is 3. The van der Waals surface area contributed by atoms with Gasteiger partial charge < -0.3 is 14.2 Å². The summed E-state index contributed by atoms with van der Waals surface area (Å²) < 4.78 is 18.9. The summed E-state index contributed by atoms with van der Waals surface area (Å²) in [7, 11) is 1.40. The molecule has 0 radical (unpaired) electrons. The fourth-order valence-corrected chi connectivity index (χ4v) is 5.57. The molecule has 7 nitrogen and oxygen atoms in total. The molecular formula is C26H29N3O4. The Labute approximate surface area is 193 Å². The number of aromatic nitrogens is 3. The third-order valence-electron chi connectivity index (χ3n) is 7.58. The molecule has 2 aromatic heterocycles. The predicted octanol–water partition coefficient (Wildman–Crippen LogP) is 4.88. The molecule has 33 heavy (non-hydrogen) atoms. The molecule has 172 valence electrons. The van der Waals surface area contributed by atoms with Gasteiger partial charge in [-0.1, -0.05) is 24.6 Å². The summed E-state index contributed by atoms with van der Waals surface area (Å²) in [5, 5.41) is 6.20. The van der Waals surface area contributed by atoms with Gasteiger partial charge in [0.1, 0.15) is 0 Å². The normalized spacial score (nSPS) is 20.9. The Morgan fingerprint density at radius 2 is 1.79 bits per heavy atom. The number of carbonyl (C=O) groups is 1. The molecule has 1 aromatic carbocycles. The van der Waals surface area contributed by atoms with Gasteiger partial charge in [-0.15, -0.1) is 0 Å². The first-order chi connectivity index (χ1) is 16.2. The van der Waals surface area contributed by atoms with Crippen molar-refractivity contribution in [1.29, 1.82) is 0 Å². The zero-order valence-electron chi connectivity index (χ0n) is 19.0. The minimum absolute atomic E-state index is 0.296. The molecule has 3 aliphatic rings. The summed E-state index contributed by atoms with van der Waals surface area (Å²) in [5.74, 6) is -0.0966. The largest absolute Gasteiger partial charge is 0.464 e. The molecule has 0 atom stereocenters. The third kappa shape index (κ3) is 3.54. The molecule has 0 amide bonds. The minimum atomic E-state index is -0.418. The lowest BCUT2D eigenvalue weighted by Crippen LogP contribution is -2.34. The molecule has 0 N–H and O–H groups in total. The van der Waals surface area contributed by atoms with Crippen LogP contribution in [0.15, 0.2) is 36.4 Å². The number of carbonyl (C=O) groups excluding carboxylic acids is 1. The van der Waals surface area contributed by atoms with Gasteiger partial charge in [0, 0.05) is 24.1 Å². The van der Waals surface area contributed by atoms with Crippen LogP contribution in [0, 0.1) is 0 Å². The van der Waals surface area contributed by atoms with Crippen LogP contribution in [-0.2, 0) is 14.2 Å². The smallest absolute Gasteiger partial charge is 0.356 e. The van der Waals surface area contributed by atoms with Gasteiger partial charge in [-0.05, 0) is 55.4 Å². The van der Waals surface area contributed by atoms with Crippen molar-refractivity contribution in [3.8, 4) is 5.69 Å². The van der Waals surface area contributed by atoms with Gasteiger partial charge in [0.05, 0.1) is 31.7 Å². The quantitative estimate of drug-likeness (QED) is 0.531. The summed E-state index contributed by atoms with van der Waals surface area (Å²) in [6, 6.07) is 12.0. The van der Waals surface area contributed by atoms with E-state index in [-0.39, 0.29) is 0 Å². The summed E-state index contributed by atoms with van der Waals surface area (Å²) in [5.41, 5.74) is 4.31. The first-order valence-electron chi connectivity index (χ1n) is 12.0. The van der Waals surface area contributed by atoms with Crippen molar-refractivity contribution in [1.82, 2.24) is 14.8 Å². The maximum absolute atomic E-state index is 12.6. The van der Waals surface area contributed by atoms with E-state index in [4.69, 9.17) is 24.3 Å². The Balaban J connectivity index is 1.51. The maximum Gasteiger partial charge on any atom is 0.356 e. The molecule has 3 aromatic rings. The number of esters is 1. The number of hydrogen-bond acceptors (Lipinski definition) is 6. The highest BCUT2D eigenvalue weighted by Crippen LogP contribution is 2.47. The van der Waals surface area contributed by atoms with Crippen LogP contribution in [-0.4, -0.2) is 46.8 Å². The fourth-order valence-electron chi connectivity index (χ4n) is 5.57. The van der Waals surface area contributed by atoms with E-state index >= 15 is 0 Å². The van der Waals surface area contributed by atoms with Crippen molar-refractivity contribution >= 4 is 17.0 Å². The SMILES string of the molecule is COC(=O)c1cc(C2CCC3(CC2)OCCO3)c2c(C3CCC3)nn(-c3ccccc3)c2n1. The summed E-state index contributed by atoms with van der Waals surface area (Å²) in [6.07, 6.45) is 7.14. The third-order valence-corrected chi connectivity index (χ3v) is 7.58. The number of methoxy groups -OCH3 is 1. The maximum atomic E-state index is 12.6. The van der Waals surface area contributed by atoms with E-state index in [2.05, 4.69) is 0 Å². The zero-order valence-corrected chi connectivity index (χ0v) is 19.0. The molecule has 1 spiro atoms. The first-order valence-corrected chi connectivity index (χ1v) is 12.0. The average Bonchev–Trinajstić information content (AvgIpc) is 3.43. The van der Waals surface area contributed by atoms with Gasteiger partial charge in [0.2, 0.25) is 0 Å². The van der Waals surface area contributed by atoms with Gasteiger partial charge in [0.15, 0.2) is 17.1 Å². The summed E-state index contributed by atoms with van der Waals surface area (Å²) in [6.45, 7) is 1.35. The van der Waals surface area contributed by atoms with E-state index in [1.54, 1.807) is 0 Å².